The van der Waals surface area contributed by atoms with Crippen LogP contribution in [0.15, 0.2) is 18.2 Å². The number of ketones is 1. The SMILES string of the molecule is CCC1CCC(C(=O)c2cc(OC)ccc2OC)CC1. The number of benzene rings is 1. The Bertz CT molecular complexity index is 459. The summed E-state index contributed by atoms with van der Waals surface area (Å²) >= 11 is 0. The average Bonchev–Trinajstić information content (AvgIpc) is 2.53. The molecule has 1 aliphatic rings. The predicted molar refractivity (Wildman–Crippen MR) is 79.6 cm³/mol. The summed E-state index contributed by atoms with van der Waals surface area (Å²) in [6.45, 7) is 2.23. The molecule has 2 rings (SSSR count). The maximum Gasteiger partial charge on any atom is 0.169 e. The fraction of sp³-hybridized carbons (Fsp3) is 0.588. The molecule has 0 saturated heterocycles. The van der Waals surface area contributed by atoms with E-state index in [0.717, 1.165) is 18.8 Å². The van der Waals surface area contributed by atoms with Crippen molar-refractivity contribution in [2.24, 2.45) is 11.8 Å². The first-order chi connectivity index (χ1) is 9.69. The third kappa shape index (κ3) is 3.14. The first-order valence-corrected chi connectivity index (χ1v) is 7.45. The van der Waals surface area contributed by atoms with E-state index in [4.69, 9.17) is 9.47 Å². The zero-order chi connectivity index (χ0) is 14.5. The molecule has 0 unspecified atom stereocenters. The summed E-state index contributed by atoms with van der Waals surface area (Å²) in [5.41, 5.74) is 0.659. The van der Waals surface area contributed by atoms with E-state index in [1.165, 1.54) is 19.3 Å². The molecule has 3 nitrogen and oxygen atoms in total. The summed E-state index contributed by atoms with van der Waals surface area (Å²) in [7, 11) is 3.22. The lowest BCUT2D eigenvalue weighted by atomic mass is 9.77. The van der Waals surface area contributed by atoms with Crippen molar-refractivity contribution >= 4 is 5.78 Å². The van der Waals surface area contributed by atoms with Crippen molar-refractivity contribution in [3.63, 3.8) is 0 Å². The summed E-state index contributed by atoms with van der Waals surface area (Å²) in [5.74, 6) is 2.49. The zero-order valence-corrected chi connectivity index (χ0v) is 12.6. The Morgan fingerprint density at radius 1 is 1.15 bits per heavy atom. The molecule has 0 heterocycles. The molecule has 1 aliphatic carbocycles. The lowest BCUT2D eigenvalue weighted by Crippen LogP contribution is -2.22. The van der Waals surface area contributed by atoms with Gasteiger partial charge in [0.25, 0.3) is 0 Å². The van der Waals surface area contributed by atoms with Gasteiger partial charge < -0.3 is 9.47 Å². The number of methoxy groups -OCH3 is 2. The molecule has 1 fully saturated rings. The van der Waals surface area contributed by atoms with Crippen molar-refractivity contribution in [2.45, 2.75) is 39.0 Å². The summed E-state index contributed by atoms with van der Waals surface area (Å²) in [6, 6.07) is 5.43. The van der Waals surface area contributed by atoms with Crippen LogP contribution in [-0.2, 0) is 0 Å². The first-order valence-electron chi connectivity index (χ1n) is 7.45. The Kier molecular flexibility index (Phi) is 5.05. The normalized spacial score (nSPS) is 22.4. The van der Waals surface area contributed by atoms with Gasteiger partial charge in [0, 0.05) is 5.92 Å². The van der Waals surface area contributed by atoms with Crippen LogP contribution in [0, 0.1) is 11.8 Å². The van der Waals surface area contributed by atoms with Crippen LogP contribution in [0.25, 0.3) is 0 Å². The first kappa shape index (κ1) is 14.9. The summed E-state index contributed by atoms with van der Waals surface area (Å²) < 4.78 is 10.5. The lowest BCUT2D eigenvalue weighted by Gasteiger charge is -2.27. The summed E-state index contributed by atoms with van der Waals surface area (Å²) in [6.07, 6.45) is 5.55. The van der Waals surface area contributed by atoms with Crippen LogP contribution in [0.2, 0.25) is 0 Å². The zero-order valence-electron chi connectivity index (χ0n) is 12.6. The van der Waals surface area contributed by atoms with Gasteiger partial charge in [-0.1, -0.05) is 13.3 Å². The summed E-state index contributed by atoms with van der Waals surface area (Å²) in [4.78, 5) is 12.7. The Labute approximate surface area is 121 Å². The number of ether oxygens (including phenoxy) is 2. The third-order valence-electron chi connectivity index (χ3n) is 4.47. The second-order valence-electron chi connectivity index (χ2n) is 5.56. The van der Waals surface area contributed by atoms with Crippen molar-refractivity contribution in [3.8, 4) is 11.5 Å². The van der Waals surface area contributed by atoms with Crippen LogP contribution in [0.3, 0.4) is 0 Å². The smallest absolute Gasteiger partial charge is 0.169 e. The number of carbonyl (C=O) groups is 1. The van der Waals surface area contributed by atoms with Crippen LogP contribution in [0.5, 0.6) is 11.5 Å². The van der Waals surface area contributed by atoms with E-state index in [0.29, 0.717) is 17.1 Å². The Morgan fingerprint density at radius 2 is 1.85 bits per heavy atom. The van der Waals surface area contributed by atoms with Gasteiger partial charge >= 0.3 is 0 Å². The highest BCUT2D eigenvalue weighted by Gasteiger charge is 2.28. The van der Waals surface area contributed by atoms with Gasteiger partial charge in [0.05, 0.1) is 19.8 Å². The molecular weight excluding hydrogens is 252 g/mol. The van der Waals surface area contributed by atoms with E-state index in [1.54, 1.807) is 20.3 Å². The fourth-order valence-corrected chi connectivity index (χ4v) is 3.06. The maximum absolute atomic E-state index is 12.7. The molecule has 1 aromatic rings. The van der Waals surface area contributed by atoms with Crippen LogP contribution < -0.4 is 9.47 Å². The standard InChI is InChI=1S/C17H24O3/c1-4-12-5-7-13(8-6-12)17(18)15-11-14(19-2)9-10-16(15)20-3/h9-13H,4-8H2,1-3H3. The van der Waals surface area contributed by atoms with Crippen LogP contribution in [-0.4, -0.2) is 20.0 Å². The molecule has 3 heteroatoms. The van der Waals surface area contributed by atoms with Crippen molar-refractivity contribution in [3.05, 3.63) is 23.8 Å². The van der Waals surface area contributed by atoms with Crippen LogP contribution >= 0.6 is 0 Å². The molecule has 0 bridgehead atoms. The van der Waals surface area contributed by atoms with Crippen molar-refractivity contribution < 1.29 is 14.3 Å². The number of hydrogen-bond donors (Lipinski definition) is 0. The van der Waals surface area contributed by atoms with Gasteiger partial charge in [-0.2, -0.15) is 0 Å². The van der Waals surface area contributed by atoms with Crippen molar-refractivity contribution in [2.75, 3.05) is 14.2 Å². The third-order valence-corrected chi connectivity index (χ3v) is 4.47. The van der Waals surface area contributed by atoms with E-state index >= 15 is 0 Å². The van der Waals surface area contributed by atoms with Crippen molar-refractivity contribution in [1.29, 1.82) is 0 Å². The largest absolute Gasteiger partial charge is 0.497 e. The predicted octanol–water partition coefficient (Wildman–Crippen LogP) is 4.10. The molecule has 0 spiro atoms. The van der Waals surface area contributed by atoms with E-state index < -0.39 is 0 Å². The van der Waals surface area contributed by atoms with Crippen molar-refractivity contribution in [1.82, 2.24) is 0 Å². The van der Waals surface area contributed by atoms with Crippen LogP contribution in [0.4, 0.5) is 0 Å². The fourth-order valence-electron chi connectivity index (χ4n) is 3.06. The second-order valence-corrected chi connectivity index (χ2v) is 5.56. The number of Topliss-reactive ketones (excluding diaryl/α,β-unsaturated/α-hetero) is 1. The summed E-state index contributed by atoms with van der Waals surface area (Å²) in [5, 5.41) is 0. The number of rotatable bonds is 5. The lowest BCUT2D eigenvalue weighted by molar-refractivity contribution is 0.0867. The van der Waals surface area contributed by atoms with Gasteiger partial charge in [-0.15, -0.1) is 0 Å². The number of carbonyl (C=O) groups excluding carboxylic acids is 1. The minimum atomic E-state index is 0.138. The van der Waals surface area contributed by atoms with Gasteiger partial charge in [-0.3, -0.25) is 4.79 Å². The van der Waals surface area contributed by atoms with E-state index in [1.807, 2.05) is 12.1 Å². The molecule has 20 heavy (non-hydrogen) atoms. The highest BCUT2D eigenvalue weighted by atomic mass is 16.5. The maximum atomic E-state index is 12.7. The molecule has 0 amide bonds. The molecule has 0 aliphatic heterocycles. The average molecular weight is 276 g/mol. The monoisotopic (exact) mass is 276 g/mol. The molecule has 110 valence electrons. The quantitative estimate of drug-likeness (QED) is 0.759. The van der Waals surface area contributed by atoms with E-state index in [2.05, 4.69) is 6.92 Å². The van der Waals surface area contributed by atoms with Gasteiger partial charge in [0.2, 0.25) is 0 Å². The molecule has 1 saturated carbocycles. The Balaban J connectivity index is 2.16. The molecule has 0 N–H and O–H groups in total. The molecule has 0 aromatic heterocycles. The molecule has 1 aromatic carbocycles. The van der Waals surface area contributed by atoms with Gasteiger partial charge in [0.15, 0.2) is 5.78 Å². The Hall–Kier alpha value is -1.51. The second kappa shape index (κ2) is 6.78. The van der Waals surface area contributed by atoms with Gasteiger partial charge in [-0.05, 0) is 49.8 Å². The molecular formula is C17H24O3. The minimum absolute atomic E-state index is 0.138. The molecule has 0 atom stereocenters. The molecule has 0 radical (unpaired) electrons. The highest BCUT2D eigenvalue weighted by molar-refractivity contribution is 6.00. The van der Waals surface area contributed by atoms with Crippen LogP contribution in [0.1, 0.15) is 49.4 Å². The highest BCUT2D eigenvalue weighted by Crippen LogP contribution is 2.35. The minimum Gasteiger partial charge on any atom is -0.497 e. The van der Waals surface area contributed by atoms with Gasteiger partial charge in [-0.25, -0.2) is 0 Å². The number of hydrogen-bond acceptors (Lipinski definition) is 3. The Morgan fingerprint density at radius 3 is 2.40 bits per heavy atom. The topological polar surface area (TPSA) is 35.5 Å². The van der Waals surface area contributed by atoms with E-state index in [9.17, 15) is 4.79 Å². The van der Waals surface area contributed by atoms with E-state index in [-0.39, 0.29) is 11.7 Å². The van der Waals surface area contributed by atoms with Gasteiger partial charge in [0.1, 0.15) is 11.5 Å².